The van der Waals surface area contributed by atoms with Gasteiger partial charge in [-0.25, -0.2) is 9.38 Å². The molecule has 2 aliphatic heterocycles. The average molecular weight is 506 g/mol. The summed E-state index contributed by atoms with van der Waals surface area (Å²) in [6.45, 7) is 10.4. The van der Waals surface area contributed by atoms with E-state index in [0.29, 0.717) is 41.6 Å². The number of benzene rings is 1. The Labute approximate surface area is 210 Å². The number of nitrogens with one attached hydrogen (secondary N) is 1. The maximum Gasteiger partial charge on any atom is 0.248 e. The van der Waals surface area contributed by atoms with Crippen LogP contribution in [-0.4, -0.2) is 78.3 Å². The van der Waals surface area contributed by atoms with Crippen LogP contribution in [-0.2, 0) is 15.0 Å². The highest BCUT2D eigenvalue weighted by Gasteiger charge is 2.40. The molecule has 9 nitrogen and oxygen atoms in total. The van der Waals surface area contributed by atoms with E-state index in [1.165, 1.54) is 11.0 Å². The second-order valence-electron chi connectivity index (χ2n) is 9.83. The molecule has 0 bridgehead atoms. The minimum absolute atomic E-state index is 0.0233. The van der Waals surface area contributed by atoms with E-state index >= 15 is 0 Å². The number of aliphatic imine (C=N–C) groups is 2. The summed E-state index contributed by atoms with van der Waals surface area (Å²) in [5, 5.41) is 3.36. The maximum absolute atomic E-state index is 14.7. The number of likely N-dealkylation sites (N-methyl/N-ethyl adjacent to an activating group) is 1. The normalized spacial score (nSPS) is 22.9. The van der Waals surface area contributed by atoms with Crippen LogP contribution in [0.1, 0.15) is 38.3 Å². The van der Waals surface area contributed by atoms with E-state index in [0.717, 1.165) is 5.56 Å². The van der Waals surface area contributed by atoms with Crippen molar-refractivity contribution in [1.29, 1.82) is 0 Å². The van der Waals surface area contributed by atoms with Gasteiger partial charge in [-0.15, -0.1) is 0 Å². The van der Waals surface area contributed by atoms with Crippen LogP contribution in [0.3, 0.4) is 0 Å². The highest BCUT2D eigenvalue weighted by atomic mass is 35.5. The molecule has 5 N–H and O–H groups in total. The molecule has 2 unspecified atom stereocenters. The number of nitrogens with two attached hydrogens (primary N) is 2. The van der Waals surface area contributed by atoms with Crippen LogP contribution in [0.4, 0.5) is 10.1 Å². The highest BCUT2D eigenvalue weighted by molar-refractivity contribution is 6.32. The van der Waals surface area contributed by atoms with Crippen LogP contribution in [0.2, 0.25) is 5.02 Å². The van der Waals surface area contributed by atoms with Crippen molar-refractivity contribution in [3.8, 4) is 0 Å². The Balaban J connectivity index is 1.67. The zero-order chi connectivity index (χ0) is 26.1. The van der Waals surface area contributed by atoms with Gasteiger partial charge in [0.25, 0.3) is 0 Å². The molecule has 190 valence electrons. The summed E-state index contributed by atoms with van der Waals surface area (Å²) in [5.74, 6) is -0.230. The first-order valence-electron chi connectivity index (χ1n) is 11.4. The number of hydrogen-bond donors (Lipinski definition) is 3. The number of hydrogen-bond acceptors (Lipinski definition) is 6. The number of anilines is 1. The minimum Gasteiger partial charge on any atom is -0.398 e. The lowest BCUT2D eigenvalue weighted by atomic mass is 9.85. The van der Waals surface area contributed by atoms with E-state index in [-0.39, 0.29) is 29.7 Å². The van der Waals surface area contributed by atoms with Crippen molar-refractivity contribution in [1.82, 2.24) is 15.1 Å². The number of halogens is 2. The molecule has 2 amide bonds. The molecular weight excluding hydrogens is 473 g/mol. The Bertz CT molecular complexity index is 1080. The van der Waals surface area contributed by atoms with Crippen molar-refractivity contribution >= 4 is 40.8 Å². The molecule has 0 saturated carbocycles. The Morgan fingerprint density at radius 3 is 2.71 bits per heavy atom. The predicted molar refractivity (Wildman–Crippen MR) is 137 cm³/mol. The molecular formula is C24H33ClFN7O2. The van der Waals surface area contributed by atoms with Gasteiger partial charge in [-0.3, -0.25) is 14.6 Å². The number of nitrogens with zero attached hydrogens (tertiary/aromatic N) is 4. The molecule has 2 heterocycles. The van der Waals surface area contributed by atoms with Crippen molar-refractivity contribution < 1.29 is 14.0 Å². The molecule has 3 atom stereocenters. The van der Waals surface area contributed by atoms with Gasteiger partial charge in [0.1, 0.15) is 11.7 Å². The zero-order valence-corrected chi connectivity index (χ0v) is 21.3. The number of amidine groups is 2. The monoisotopic (exact) mass is 505 g/mol. The molecule has 2 aliphatic rings. The Morgan fingerprint density at radius 1 is 1.40 bits per heavy atom. The van der Waals surface area contributed by atoms with Crippen molar-refractivity contribution in [2.24, 2.45) is 15.7 Å². The van der Waals surface area contributed by atoms with Crippen molar-refractivity contribution in [3.05, 3.63) is 40.9 Å². The molecule has 0 aliphatic carbocycles. The van der Waals surface area contributed by atoms with Crippen LogP contribution in [0.25, 0.3) is 0 Å². The molecule has 1 saturated heterocycles. The Hall–Kier alpha value is -3.14. The van der Waals surface area contributed by atoms with Crippen LogP contribution < -0.4 is 16.8 Å². The third-order valence-electron chi connectivity index (χ3n) is 6.26. The lowest BCUT2D eigenvalue weighted by Gasteiger charge is -2.24. The van der Waals surface area contributed by atoms with Gasteiger partial charge < -0.3 is 26.6 Å². The number of carbonyl (C=O) groups excluding carboxylic acids is 2. The third kappa shape index (κ3) is 5.75. The van der Waals surface area contributed by atoms with Crippen molar-refractivity contribution in [3.63, 3.8) is 0 Å². The fourth-order valence-electron chi connectivity index (χ4n) is 4.22. The van der Waals surface area contributed by atoms with Gasteiger partial charge in [-0.1, -0.05) is 39.0 Å². The zero-order valence-electron chi connectivity index (χ0n) is 20.5. The first kappa shape index (κ1) is 26.5. The van der Waals surface area contributed by atoms with Gasteiger partial charge in [-0.05, 0) is 35.6 Å². The summed E-state index contributed by atoms with van der Waals surface area (Å²) < 4.78 is 14.7. The third-order valence-corrected chi connectivity index (χ3v) is 6.57. The SMILES string of the molecule is C=CC(=O)N1CC[C@@H](NC(=O)C2C(F)N=C(CN=C(N)c3cc(C(C)(C)C)c(Cl)cc3N)N2C)C1. The van der Waals surface area contributed by atoms with Gasteiger partial charge >= 0.3 is 0 Å². The van der Waals surface area contributed by atoms with E-state index < -0.39 is 18.2 Å². The van der Waals surface area contributed by atoms with Crippen LogP contribution in [0.15, 0.2) is 34.8 Å². The summed E-state index contributed by atoms with van der Waals surface area (Å²) in [6, 6.07) is 2.07. The lowest BCUT2D eigenvalue weighted by Crippen LogP contribution is -2.51. The number of nitrogen functional groups attached to an aromatic ring is 1. The fraction of sp³-hybridized carbons (Fsp3) is 0.500. The lowest BCUT2D eigenvalue weighted by molar-refractivity contribution is -0.128. The largest absolute Gasteiger partial charge is 0.398 e. The molecule has 0 aromatic heterocycles. The average Bonchev–Trinajstić information content (AvgIpc) is 3.34. The summed E-state index contributed by atoms with van der Waals surface area (Å²) in [5.41, 5.74) is 13.9. The molecule has 0 spiro atoms. The quantitative estimate of drug-likeness (QED) is 0.178. The van der Waals surface area contributed by atoms with Gasteiger partial charge in [-0.2, -0.15) is 0 Å². The minimum atomic E-state index is -1.74. The fourth-order valence-corrected chi connectivity index (χ4v) is 4.68. The number of likely N-dealkylation sites (tertiary alicyclic amines) is 1. The first-order valence-corrected chi connectivity index (χ1v) is 11.8. The van der Waals surface area contributed by atoms with Crippen LogP contribution in [0, 0.1) is 0 Å². The summed E-state index contributed by atoms with van der Waals surface area (Å²) in [6.07, 6.45) is 0.0825. The molecule has 11 heteroatoms. The van der Waals surface area contributed by atoms with Crippen LogP contribution in [0.5, 0.6) is 0 Å². The highest BCUT2D eigenvalue weighted by Crippen LogP contribution is 2.33. The van der Waals surface area contributed by atoms with Crippen LogP contribution >= 0.6 is 11.6 Å². The van der Waals surface area contributed by atoms with Gasteiger partial charge in [0.15, 0.2) is 6.04 Å². The molecule has 35 heavy (non-hydrogen) atoms. The number of amides is 2. The van der Waals surface area contributed by atoms with E-state index in [9.17, 15) is 14.0 Å². The van der Waals surface area contributed by atoms with Crippen molar-refractivity contribution in [2.45, 2.75) is 51.0 Å². The maximum atomic E-state index is 14.7. The topological polar surface area (TPSA) is 129 Å². The summed E-state index contributed by atoms with van der Waals surface area (Å²) >= 11 is 6.35. The smallest absolute Gasteiger partial charge is 0.248 e. The van der Waals surface area contributed by atoms with Gasteiger partial charge in [0, 0.05) is 42.5 Å². The molecule has 0 radical (unpaired) electrons. The predicted octanol–water partition coefficient (Wildman–Crippen LogP) is 1.84. The van der Waals surface area contributed by atoms with E-state index in [2.05, 4.69) is 21.9 Å². The number of alkyl halides is 1. The van der Waals surface area contributed by atoms with Crippen molar-refractivity contribution in [2.75, 3.05) is 32.4 Å². The van der Waals surface area contributed by atoms with Gasteiger partial charge in [0.05, 0.1) is 6.54 Å². The Morgan fingerprint density at radius 2 is 2.09 bits per heavy atom. The molecule has 1 aromatic carbocycles. The first-order chi connectivity index (χ1) is 16.3. The van der Waals surface area contributed by atoms with E-state index in [1.54, 1.807) is 18.0 Å². The van der Waals surface area contributed by atoms with Gasteiger partial charge in [0.2, 0.25) is 18.1 Å². The second-order valence-corrected chi connectivity index (χ2v) is 10.2. The standard InChI is InChI=1S/C24H33ClFN7O2/c1-6-19(34)33-8-7-13(12-33)30-23(35)20-21(26)31-18(32(20)5)11-29-22(28)14-9-15(24(2,3)4)16(25)10-17(14)27/h6,9-10,13,20-21H,1,7-8,11-12,27H2,2-5H3,(H2,28,29)(H,30,35)/t13-,20?,21?/m1/s1. The number of carbonyl (C=O) groups is 2. The summed E-state index contributed by atoms with van der Waals surface area (Å²) in [4.78, 5) is 36.0. The van der Waals surface area contributed by atoms with E-state index in [1.807, 2.05) is 26.8 Å². The Kier molecular flexibility index (Phi) is 7.74. The van der Waals surface area contributed by atoms with E-state index in [4.69, 9.17) is 23.1 Å². The second kappa shape index (κ2) is 10.2. The molecule has 3 rings (SSSR count). The molecule has 1 aromatic rings. The summed E-state index contributed by atoms with van der Waals surface area (Å²) in [7, 11) is 1.59. The number of rotatable bonds is 6. The molecule has 1 fully saturated rings.